The highest BCUT2D eigenvalue weighted by atomic mass is 35.5. The molecule has 0 bridgehead atoms. The zero-order valence-corrected chi connectivity index (χ0v) is 17.2. The maximum atomic E-state index is 12.4. The molecule has 142 valence electrons. The predicted octanol–water partition coefficient (Wildman–Crippen LogP) is 3.45. The quantitative estimate of drug-likeness (QED) is 0.568. The number of aromatic nitrogens is 4. The van der Waals surface area contributed by atoms with Crippen molar-refractivity contribution in [1.82, 2.24) is 25.1 Å². The Morgan fingerprint density at radius 3 is 2.81 bits per heavy atom. The number of halogens is 1. The molecule has 0 spiro atoms. The maximum Gasteiger partial charge on any atom is 0.263 e. The van der Waals surface area contributed by atoms with Crippen molar-refractivity contribution in [3.8, 4) is 5.75 Å². The van der Waals surface area contributed by atoms with Gasteiger partial charge in [0, 0.05) is 25.0 Å². The third-order valence-corrected chi connectivity index (χ3v) is 5.58. The monoisotopic (exact) mass is 423 g/mol. The Hall–Kier alpha value is -2.23. The fourth-order valence-corrected chi connectivity index (χ4v) is 3.54. The molecule has 3 rings (SSSR count). The maximum absolute atomic E-state index is 12.4. The van der Waals surface area contributed by atoms with E-state index in [-0.39, 0.29) is 5.91 Å². The smallest absolute Gasteiger partial charge is 0.263 e. The second-order valence-electron chi connectivity index (χ2n) is 5.77. The molecule has 0 unspecified atom stereocenters. The number of nitrogens with zero attached hydrogens (tertiary/aromatic N) is 3. The molecule has 27 heavy (non-hydrogen) atoms. The van der Waals surface area contributed by atoms with Crippen LogP contribution in [-0.2, 0) is 20.1 Å². The molecule has 2 aromatic heterocycles. The van der Waals surface area contributed by atoms with Gasteiger partial charge in [0.25, 0.3) is 5.91 Å². The van der Waals surface area contributed by atoms with Crippen molar-refractivity contribution in [2.75, 3.05) is 6.54 Å². The SMILES string of the molecule is Cc1nc(COc2ccc(Cl)cc2)sc1C(=O)NCCc1n[nH]c(=S)n1C. The van der Waals surface area contributed by atoms with Crippen LogP contribution in [0, 0.1) is 11.7 Å². The molecule has 1 amide bonds. The highest BCUT2D eigenvalue weighted by Gasteiger charge is 2.15. The first-order valence-corrected chi connectivity index (χ1v) is 9.77. The minimum absolute atomic E-state index is 0.153. The summed E-state index contributed by atoms with van der Waals surface area (Å²) >= 11 is 12.3. The number of rotatable bonds is 7. The first kappa shape index (κ1) is 19.5. The Kier molecular flexibility index (Phi) is 6.25. The van der Waals surface area contributed by atoms with Crippen LogP contribution in [0.2, 0.25) is 5.02 Å². The van der Waals surface area contributed by atoms with Crippen LogP contribution in [0.1, 0.15) is 26.2 Å². The van der Waals surface area contributed by atoms with Gasteiger partial charge in [0.15, 0.2) is 4.77 Å². The number of thiazole rings is 1. The minimum atomic E-state index is -0.153. The molecule has 0 saturated carbocycles. The van der Waals surface area contributed by atoms with Gasteiger partial charge in [0.2, 0.25) is 0 Å². The summed E-state index contributed by atoms with van der Waals surface area (Å²) in [4.78, 5) is 17.4. The van der Waals surface area contributed by atoms with E-state index in [2.05, 4.69) is 20.5 Å². The largest absolute Gasteiger partial charge is 0.486 e. The Morgan fingerprint density at radius 2 is 2.15 bits per heavy atom. The van der Waals surface area contributed by atoms with Crippen molar-refractivity contribution in [3.63, 3.8) is 0 Å². The molecule has 2 heterocycles. The average Bonchev–Trinajstić information content (AvgIpc) is 3.18. The van der Waals surface area contributed by atoms with Gasteiger partial charge in [-0.2, -0.15) is 5.10 Å². The fraction of sp³-hybridized carbons (Fsp3) is 0.294. The van der Waals surface area contributed by atoms with E-state index in [1.807, 2.05) is 14.0 Å². The number of amides is 1. The second kappa shape index (κ2) is 8.64. The van der Waals surface area contributed by atoms with Gasteiger partial charge in [-0.1, -0.05) is 11.6 Å². The second-order valence-corrected chi connectivity index (χ2v) is 7.68. The van der Waals surface area contributed by atoms with Gasteiger partial charge in [-0.25, -0.2) is 4.98 Å². The van der Waals surface area contributed by atoms with Crippen LogP contribution in [0.25, 0.3) is 0 Å². The van der Waals surface area contributed by atoms with Crippen LogP contribution < -0.4 is 10.1 Å². The van der Waals surface area contributed by atoms with Crippen LogP contribution in [0.15, 0.2) is 24.3 Å². The molecule has 0 atom stereocenters. The molecule has 7 nitrogen and oxygen atoms in total. The molecule has 0 aliphatic heterocycles. The van der Waals surface area contributed by atoms with Crippen molar-refractivity contribution in [3.05, 3.63) is 55.5 Å². The topological polar surface area (TPSA) is 84.8 Å². The number of ether oxygens (including phenoxy) is 1. The third-order valence-electron chi connectivity index (χ3n) is 3.83. The lowest BCUT2D eigenvalue weighted by Crippen LogP contribution is -2.26. The minimum Gasteiger partial charge on any atom is -0.486 e. The summed E-state index contributed by atoms with van der Waals surface area (Å²) < 4.78 is 8.02. The first-order chi connectivity index (χ1) is 12.9. The van der Waals surface area contributed by atoms with E-state index in [1.165, 1.54) is 11.3 Å². The zero-order chi connectivity index (χ0) is 19.4. The van der Waals surface area contributed by atoms with Crippen molar-refractivity contribution in [2.45, 2.75) is 20.0 Å². The molecule has 10 heteroatoms. The summed E-state index contributed by atoms with van der Waals surface area (Å²) in [5.41, 5.74) is 0.686. The van der Waals surface area contributed by atoms with Crippen molar-refractivity contribution in [1.29, 1.82) is 0 Å². The number of hydrogen-bond donors (Lipinski definition) is 2. The fourth-order valence-electron chi connectivity index (χ4n) is 2.37. The van der Waals surface area contributed by atoms with Crippen LogP contribution in [0.4, 0.5) is 0 Å². The van der Waals surface area contributed by atoms with Gasteiger partial charge in [-0.05, 0) is 43.4 Å². The van der Waals surface area contributed by atoms with Gasteiger partial charge in [0.1, 0.15) is 28.1 Å². The highest BCUT2D eigenvalue weighted by molar-refractivity contribution is 7.71. The molecule has 0 fully saturated rings. The molecule has 0 aliphatic rings. The van der Waals surface area contributed by atoms with Crippen LogP contribution in [0.3, 0.4) is 0 Å². The zero-order valence-electron chi connectivity index (χ0n) is 14.8. The number of carbonyl (C=O) groups is 1. The Labute approximate surface area is 170 Å². The lowest BCUT2D eigenvalue weighted by atomic mass is 10.3. The third kappa shape index (κ3) is 4.94. The molecular formula is C17H18ClN5O2S2. The number of aromatic amines is 1. The van der Waals surface area contributed by atoms with E-state index in [0.717, 1.165) is 10.8 Å². The summed E-state index contributed by atoms with van der Waals surface area (Å²) in [5, 5.41) is 11.1. The van der Waals surface area contributed by atoms with E-state index < -0.39 is 0 Å². The van der Waals surface area contributed by atoms with Crippen LogP contribution >= 0.6 is 35.2 Å². The molecule has 0 aliphatic carbocycles. The number of hydrogen-bond acceptors (Lipinski definition) is 6. The molecule has 0 radical (unpaired) electrons. The van der Waals surface area contributed by atoms with Gasteiger partial charge in [0.05, 0.1) is 5.69 Å². The molecule has 1 aromatic carbocycles. The van der Waals surface area contributed by atoms with Crippen LogP contribution in [-0.4, -0.2) is 32.2 Å². The first-order valence-electron chi connectivity index (χ1n) is 8.17. The summed E-state index contributed by atoms with van der Waals surface area (Å²) in [6.45, 7) is 2.57. The molecular weight excluding hydrogens is 406 g/mol. The highest BCUT2D eigenvalue weighted by Crippen LogP contribution is 2.21. The number of carbonyl (C=O) groups excluding carboxylic acids is 1. The standard InChI is InChI=1S/C17H18ClN5O2S2/c1-10-15(16(24)19-8-7-13-21-22-17(26)23(13)2)27-14(20-10)9-25-12-5-3-11(18)4-6-12/h3-6H,7-9H2,1-2H3,(H,19,24)(H,22,26). The number of benzene rings is 1. The van der Waals surface area contributed by atoms with E-state index >= 15 is 0 Å². The van der Waals surface area contributed by atoms with E-state index in [1.54, 1.807) is 28.8 Å². The van der Waals surface area contributed by atoms with Gasteiger partial charge >= 0.3 is 0 Å². The lowest BCUT2D eigenvalue weighted by molar-refractivity contribution is 0.0957. The van der Waals surface area contributed by atoms with Crippen molar-refractivity contribution in [2.24, 2.45) is 7.05 Å². The summed E-state index contributed by atoms with van der Waals surface area (Å²) in [6.07, 6.45) is 0.583. The Bertz CT molecular complexity index is 994. The Balaban J connectivity index is 1.55. The molecule has 0 saturated heterocycles. The average molecular weight is 424 g/mol. The van der Waals surface area contributed by atoms with E-state index in [4.69, 9.17) is 28.6 Å². The molecule has 2 N–H and O–H groups in total. The summed E-state index contributed by atoms with van der Waals surface area (Å²) in [5.74, 6) is 1.34. The predicted molar refractivity (Wildman–Crippen MR) is 107 cm³/mol. The molecule has 3 aromatic rings. The van der Waals surface area contributed by atoms with Crippen molar-refractivity contribution < 1.29 is 9.53 Å². The Morgan fingerprint density at radius 1 is 1.41 bits per heavy atom. The van der Waals surface area contributed by atoms with Gasteiger partial charge in [-0.15, -0.1) is 11.3 Å². The normalized spacial score (nSPS) is 10.8. The number of nitrogens with one attached hydrogen (secondary N) is 2. The van der Waals surface area contributed by atoms with Gasteiger partial charge in [-0.3, -0.25) is 9.89 Å². The summed E-state index contributed by atoms with van der Waals surface area (Å²) in [6, 6.07) is 7.10. The van der Waals surface area contributed by atoms with E-state index in [9.17, 15) is 4.79 Å². The van der Waals surface area contributed by atoms with E-state index in [0.29, 0.717) is 45.7 Å². The van der Waals surface area contributed by atoms with Crippen molar-refractivity contribution >= 4 is 41.1 Å². The lowest BCUT2D eigenvalue weighted by Gasteiger charge is -2.04. The van der Waals surface area contributed by atoms with Crippen LogP contribution in [0.5, 0.6) is 5.75 Å². The summed E-state index contributed by atoms with van der Waals surface area (Å²) in [7, 11) is 1.84. The number of H-pyrrole nitrogens is 1. The number of aryl methyl sites for hydroxylation is 1. The van der Waals surface area contributed by atoms with Gasteiger partial charge < -0.3 is 14.6 Å².